The van der Waals surface area contributed by atoms with Crippen LogP contribution >= 0.6 is 11.3 Å². The van der Waals surface area contributed by atoms with Crippen LogP contribution in [0.2, 0.25) is 0 Å². The maximum absolute atomic E-state index is 12.1. The summed E-state index contributed by atoms with van der Waals surface area (Å²) < 4.78 is 2.00. The van der Waals surface area contributed by atoms with Gasteiger partial charge in [0.15, 0.2) is 0 Å². The summed E-state index contributed by atoms with van der Waals surface area (Å²) in [7, 11) is 0. The van der Waals surface area contributed by atoms with Crippen molar-refractivity contribution in [1.82, 2.24) is 9.99 Å². The SMILES string of the molecule is Cc1cc(C=NNC(=O)Cc2ccccc2)c(C)n1-c1sc2c(c1C(=O)O)CCCC2. The Morgan fingerprint density at radius 2 is 1.94 bits per heavy atom. The molecular weight excluding hydrogens is 410 g/mol. The van der Waals surface area contributed by atoms with E-state index in [-0.39, 0.29) is 12.3 Å². The Labute approximate surface area is 185 Å². The van der Waals surface area contributed by atoms with Gasteiger partial charge < -0.3 is 9.67 Å². The molecule has 0 saturated carbocycles. The summed E-state index contributed by atoms with van der Waals surface area (Å²) in [4.78, 5) is 25.4. The van der Waals surface area contributed by atoms with Crippen molar-refractivity contribution in [2.45, 2.75) is 46.0 Å². The van der Waals surface area contributed by atoms with Gasteiger partial charge in [-0.05, 0) is 56.7 Å². The number of hydrogen-bond acceptors (Lipinski definition) is 4. The molecule has 0 radical (unpaired) electrons. The molecule has 6 nitrogen and oxygen atoms in total. The molecule has 7 heteroatoms. The molecule has 0 atom stereocenters. The highest BCUT2D eigenvalue weighted by Gasteiger charge is 2.27. The lowest BCUT2D eigenvalue weighted by Crippen LogP contribution is -2.19. The van der Waals surface area contributed by atoms with Crippen LogP contribution in [0.3, 0.4) is 0 Å². The molecule has 4 rings (SSSR count). The molecule has 2 N–H and O–H groups in total. The number of carboxylic acids is 1. The van der Waals surface area contributed by atoms with Crippen LogP contribution in [0.5, 0.6) is 0 Å². The lowest BCUT2D eigenvalue weighted by atomic mass is 9.95. The van der Waals surface area contributed by atoms with Crippen molar-refractivity contribution in [2.24, 2.45) is 5.10 Å². The highest BCUT2D eigenvalue weighted by Crippen LogP contribution is 2.38. The maximum atomic E-state index is 12.1. The first-order chi connectivity index (χ1) is 15.0. The molecule has 31 heavy (non-hydrogen) atoms. The van der Waals surface area contributed by atoms with E-state index < -0.39 is 5.97 Å². The lowest BCUT2D eigenvalue weighted by Gasteiger charge is -2.11. The second-order valence-corrected chi connectivity index (χ2v) is 8.90. The molecule has 1 amide bonds. The van der Waals surface area contributed by atoms with Gasteiger partial charge >= 0.3 is 5.97 Å². The number of amides is 1. The molecule has 160 valence electrons. The summed E-state index contributed by atoms with van der Waals surface area (Å²) in [5.74, 6) is -1.05. The summed E-state index contributed by atoms with van der Waals surface area (Å²) in [6.07, 6.45) is 5.80. The van der Waals surface area contributed by atoms with Gasteiger partial charge in [-0.15, -0.1) is 11.3 Å². The minimum atomic E-state index is -0.870. The minimum Gasteiger partial charge on any atom is -0.478 e. The average Bonchev–Trinajstić information content (AvgIpc) is 3.25. The first-order valence-electron chi connectivity index (χ1n) is 10.4. The molecule has 0 unspecified atom stereocenters. The largest absolute Gasteiger partial charge is 0.478 e. The maximum Gasteiger partial charge on any atom is 0.339 e. The standard InChI is InChI=1S/C24H25N3O3S/c1-15-12-18(14-25-26-21(28)13-17-8-4-3-5-9-17)16(2)27(15)23-22(24(29)30)19-10-6-7-11-20(19)31-23/h3-5,8-9,12,14H,6-7,10-11,13H2,1-2H3,(H,26,28)(H,29,30). The van der Waals surface area contributed by atoms with E-state index in [1.54, 1.807) is 17.6 Å². The quantitative estimate of drug-likeness (QED) is 0.444. The number of carbonyl (C=O) groups is 2. The van der Waals surface area contributed by atoms with Crippen LogP contribution in [0, 0.1) is 13.8 Å². The van der Waals surface area contributed by atoms with Crippen LogP contribution in [0.1, 0.15) is 56.2 Å². The van der Waals surface area contributed by atoms with Gasteiger partial charge in [0.1, 0.15) is 5.00 Å². The molecule has 3 aromatic rings. The summed E-state index contributed by atoms with van der Waals surface area (Å²) in [6, 6.07) is 11.5. The van der Waals surface area contributed by atoms with E-state index in [2.05, 4.69) is 10.5 Å². The van der Waals surface area contributed by atoms with Gasteiger partial charge in [0.25, 0.3) is 0 Å². The van der Waals surface area contributed by atoms with Crippen molar-refractivity contribution in [3.8, 4) is 5.00 Å². The number of benzene rings is 1. The number of hydrogen-bond donors (Lipinski definition) is 2. The zero-order valence-corrected chi connectivity index (χ0v) is 18.5. The third-order valence-electron chi connectivity index (χ3n) is 5.64. The highest BCUT2D eigenvalue weighted by molar-refractivity contribution is 7.15. The van der Waals surface area contributed by atoms with Gasteiger partial charge in [-0.2, -0.15) is 5.10 Å². The molecule has 0 saturated heterocycles. The van der Waals surface area contributed by atoms with Gasteiger partial charge in [0.2, 0.25) is 5.91 Å². The van der Waals surface area contributed by atoms with E-state index >= 15 is 0 Å². The number of aromatic carboxylic acids is 1. The van der Waals surface area contributed by atoms with Gasteiger partial charge in [-0.3, -0.25) is 4.79 Å². The Morgan fingerprint density at radius 1 is 1.19 bits per heavy atom. The Kier molecular flexibility index (Phi) is 6.04. The Morgan fingerprint density at radius 3 is 2.68 bits per heavy atom. The zero-order valence-electron chi connectivity index (χ0n) is 17.6. The number of aromatic nitrogens is 1. The van der Waals surface area contributed by atoms with E-state index in [0.717, 1.165) is 58.8 Å². The first kappa shape index (κ1) is 21.1. The monoisotopic (exact) mass is 435 g/mol. The number of aryl methyl sites for hydroxylation is 2. The second kappa shape index (κ2) is 8.89. The molecule has 1 aliphatic rings. The predicted molar refractivity (Wildman–Crippen MR) is 123 cm³/mol. The number of thiophene rings is 1. The second-order valence-electron chi connectivity index (χ2n) is 7.81. The first-order valence-corrected chi connectivity index (χ1v) is 11.2. The van der Waals surface area contributed by atoms with Crippen molar-refractivity contribution in [1.29, 1.82) is 0 Å². The summed E-state index contributed by atoms with van der Waals surface area (Å²) in [6.45, 7) is 3.91. The zero-order chi connectivity index (χ0) is 22.0. The highest BCUT2D eigenvalue weighted by atomic mass is 32.1. The third kappa shape index (κ3) is 4.32. The smallest absolute Gasteiger partial charge is 0.339 e. The topological polar surface area (TPSA) is 83.7 Å². The van der Waals surface area contributed by atoms with E-state index in [4.69, 9.17) is 0 Å². The molecule has 2 aromatic heterocycles. The Bertz CT molecular complexity index is 1160. The molecule has 1 aromatic carbocycles. The van der Waals surface area contributed by atoms with Crippen molar-refractivity contribution in [3.05, 3.63) is 74.9 Å². The number of nitrogens with one attached hydrogen (secondary N) is 1. The van der Waals surface area contributed by atoms with Crippen LogP contribution < -0.4 is 5.43 Å². The normalized spacial score (nSPS) is 13.4. The van der Waals surface area contributed by atoms with Crippen LogP contribution in [-0.4, -0.2) is 27.8 Å². The Hall–Kier alpha value is -3.19. The molecule has 1 aliphatic carbocycles. The number of nitrogens with zero attached hydrogens (tertiary/aromatic N) is 2. The lowest BCUT2D eigenvalue weighted by molar-refractivity contribution is -0.120. The summed E-state index contributed by atoms with van der Waals surface area (Å²) in [5.41, 5.74) is 7.62. The van der Waals surface area contributed by atoms with E-state index in [0.29, 0.717) is 5.56 Å². The molecule has 2 heterocycles. The number of carboxylic acid groups (broad SMARTS) is 1. The van der Waals surface area contributed by atoms with Crippen LogP contribution in [0.15, 0.2) is 41.5 Å². The fraction of sp³-hybridized carbons (Fsp3) is 0.292. The molecule has 0 bridgehead atoms. The van der Waals surface area contributed by atoms with Crippen molar-refractivity contribution in [3.63, 3.8) is 0 Å². The predicted octanol–water partition coefficient (Wildman–Crippen LogP) is 4.43. The number of hydrazone groups is 1. The summed E-state index contributed by atoms with van der Waals surface area (Å²) >= 11 is 1.58. The van der Waals surface area contributed by atoms with Gasteiger partial charge in [0.05, 0.1) is 18.2 Å². The van der Waals surface area contributed by atoms with Crippen molar-refractivity contribution >= 4 is 29.4 Å². The van der Waals surface area contributed by atoms with Gasteiger partial charge in [-0.25, -0.2) is 10.2 Å². The van der Waals surface area contributed by atoms with E-state index in [1.807, 2.05) is 54.8 Å². The van der Waals surface area contributed by atoms with Crippen LogP contribution in [0.4, 0.5) is 0 Å². The minimum absolute atomic E-state index is 0.185. The van der Waals surface area contributed by atoms with E-state index in [9.17, 15) is 14.7 Å². The number of rotatable bonds is 6. The molecule has 0 fully saturated rings. The van der Waals surface area contributed by atoms with Crippen molar-refractivity contribution in [2.75, 3.05) is 0 Å². The molecule has 0 spiro atoms. The van der Waals surface area contributed by atoms with Gasteiger partial charge in [0, 0.05) is 21.8 Å². The molecule has 0 aliphatic heterocycles. The number of fused-ring (bicyclic) bond motifs is 1. The fourth-order valence-electron chi connectivity index (χ4n) is 4.15. The Balaban J connectivity index is 1.57. The number of carbonyl (C=O) groups excluding carboxylic acids is 1. The van der Waals surface area contributed by atoms with Crippen LogP contribution in [-0.2, 0) is 24.1 Å². The summed E-state index contributed by atoms with van der Waals surface area (Å²) in [5, 5.41) is 14.8. The van der Waals surface area contributed by atoms with Gasteiger partial charge in [-0.1, -0.05) is 30.3 Å². The van der Waals surface area contributed by atoms with E-state index in [1.165, 1.54) is 4.88 Å². The third-order valence-corrected chi connectivity index (χ3v) is 6.92. The average molecular weight is 436 g/mol. The van der Waals surface area contributed by atoms with Crippen molar-refractivity contribution < 1.29 is 14.7 Å². The fourth-order valence-corrected chi connectivity index (χ4v) is 5.65. The van der Waals surface area contributed by atoms with Crippen LogP contribution in [0.25, 0.3) is 5.00 Å². The molecular formula is C24H25N3O3S.